The summed E-state index contributed by atoms with van der Waals surface area (Å²) in [6.45, 7) is 2.74. The average Bonchev–Trinajstić information content (AvgIpc) is 2.74. The minimum absolute atomic E-state index is 0.0113. The van der Waals surface area contributed by atoms with E-state index < -0.39 is 0 Å². The summed E-state index contributed by atoms with van der Waals surface area (Å²) in [4.78, 5) is 15.0. The average molecular weight is 269 g/mol. The van der Waals surface area contributed by atoms with Gasteiger partial charge < -0.3 is 10.0 Å². The number of aliphatic hydroxyl groups is 1. The quantitative estimate of drug-likeness (QED) is 0.902. The molecule has 1 atom stereocenters. The molecule has 100 valence electrons. The molecule has 1 aromatic rings. The molecule has 0 bridgehead atoms. The highest BCUT2D eigenvalue weighted by Gasteiger charge is 2.28. The van der Waals surface area contributed by atoms with Gasteiger partial charge in [-0.05, 0) is 30.8 Å². The summed E-state index contributed by atoms with van der Waals surface area (Å²) in [5.41, 5.74) is 0.769. The van der Waals surface area contributed by atoms with Gasteiger partial charge in [0.1, 0.15) is 4.88 Å². The Morgan fingerprint density at radius 2 is 2.33 bits per heavy atom. The summed E-state index contributed by atoms with van der Waals surface area (Å²) in [6, 6.07) is -0.0493. The van der Waals surface area contributed by atoms with Crippen molar-refractivity contribution in [3.05, 3.63) is 10.6 Å². The molecule has 2 rings (SSSR count). The number of likely N-dealkylation sites (tertiary alicyclic amines) is 1. The highest BCUT2D eigenvalue weighted by molar-refractivity contribution is 7.08. The third kappa shape index (κ3) is 2.70. The number of hydrogen-bond donors (Lipinski definition) is 1. The van der Waals surface area contributed by atoms with Gasteiger partial charge in [0.25, 0.3) is 5.91 Å². The van der Waals surface area contributed by atoms with Crippen molar-refractivity contribution in [1.29, 1.82) is 0 Å². The fraction of sp³-hybridized carbons (Fsp3) is 0.750. The Bertz CT molecular complexity index is 408. The first kappa shape index (κ1) is 13.4. The van der Waals surface area contributed by atoms with Gasteiger partial charge in [-0.1, -0.05) is 24.3 Å². The van der Waals surface area contributed by atoms with E-state index in [0.29, 0.717) is 4.88 Å². The second-order valence-electron chi connectivity index (χ2n) is 4.59. The summed E-state index contributed by atoms with van der Waals surface area (Å²) < 4.78 is 3.86. The van der Waals surface area contributed by atoms with Gasteiger partial charge in [-0.2, -0.15) is 0 Å². The molecular formula is C12H19N3O2S. The molecule has 1 N–H and O–H groups in total. The van der Waals surface area contributed by atoms with E-state index in [2.05, 4.69) is 9.59 Å². The molecular weight excluding hydrogens is 250 g/mol. The molecule has 0 saturated carbocycles. The van der Waals surface area contributed by atoms with Gasteiger partial charge in [0.05, 0.1) is 18.3 Å². The number of rotatable bonds is 3. The molecule has 1 saturated heterocycles. The van der Waals surface area contributed by atoms with Gasteiger partial charge in [-0.25, -0.2) is 0 Å². The standard InChI is InChI=1S/C12H19N3O2S/c1-2-10-11(18-14-13-10)12(17)15-7-5-3-4-6-9(15)8-16/h9,16H,2-8H2,1H3. The second-order valence-corrected chi connectivity index (χ2v) is 5.34. The third-order valence-electron chi connectivity index (χ3n) is 3.43. The zero-order valence-electron chi connectivity index (χ0n) is 10.6. The Kier molecular flexibility index (Phi) is 4.66. The first-order valence-corrected chi connectivity index (χ1v) is 7.28. The molecule has 6 heteroatoms. The van der Waals surface area contributed by atoms with Gasteiger partial charge in [-0.3, -0.25) is 4.79 Å². The van der Waals surface area contributed by atoms with Crippen LogP contribution in [0, 0.1) is 0 Å². The van der Waals surface area contributed by atoms with Crippen LogP contribution in [0.1, 0.15) is 48.0 Å². The van der Waals surface area contributed by atoms with E-state index in [4.69, 9.17) is 0 Å². The van der Waals surface area contributed by atoms with Crippen LogP contribution in [-0.4, -0.2) is 44.7 Å². The van der Waals surface area contributed by atoms with E-state index in [1.54, 1.807) is 4.90 Å². The number of amides is 1. The number of carbonyl (C=O) groups is 1. The topological polar surface area (TPSA) is 66.3 Å². The smallest absolute Gasteiger partial charge is 0.267 e. The lowest BCUT2D eigenvalue weighted by Gasteiger charge is -2.28. The van der Waals surface area contributed by atoms with Crippen LogP contribution in [0.5, 0.6) is 0 Å². The summed E-state index contributed by atoms with van der Waals surface area (Å²) in [6.07, 6.45) is 4.82. The minimum Gasteiger partial charge on any atom is -0.394 e. The fourth-order valence-electron chi connectivity index (χ4n) is 2.37. The first-order valence-electron chi connectivity index (χ1n) is 6.51. The van der Waals surface area contributed by atoms with E-state index in [-0.39, 0.29) is 18.6 Å². The van der Waals surface area contributed by atoms with E-state index in [1.165, 1.54) is 0 Å². The van der Waals surface area contributed by atoms with Crippen molar-refractivity contribution in [3.63, 3.8) is 0 Å². The summed E-state index contributed by atoms with van der Waals surface area (Å²) in [7, 11) is 0. The molecule has 1 unspecified atom stereocenters. The number of aryl methyl sites for hydroxylation is 1. The Labute approximate surface area is 111 Å². The highest BCUT2D eigenvalue weighted by Crippen LogP contribution is 2.21. The largest absolute Gasteiger partial charge is 0.394 e. The van der Waals surface area contributed by atoms with Crippen LogP contribution in [0.2, 0.25) is 0 Å². The van der Waals surface area contributed by atoms with Crippen molar-refractivity contribution in [3.8, 4) is 0 Å². The maximum atomic E-state index is 12.5. The number of carbonyl (C=O) groups excluding carboxylic acids is 1. The van der Waals surface area contributed by atoms with Crippen LogP contribution < -0.4 is 0 Å². The van der Waals surface area contributed by atoms with E-state index in [1.807, 2.05) is 6.92 Å². The van der Waals surface area contributed by atoms with Crippen molar-refractivity contribution in [1.82, 2.24) is 14.5 Å². The molecule has 0 aromatic carbocycles. The van der Waals surface area contributed by atoms with Crippen molar-refractivity contribution in [2.24, 2.45) is 0 Å². The number of hydrogen-bond acceptors (Lipinski definition) is 5. The maximum Gasteiger partial charge on any atom is 0.267 e. The maximum absolute atomic E-state index is 12.5. The summed E-state index contributed by atoms with van der Waals surface area (Å²) >= 11 is 1.16. The van der Waals surface area contributed by atoms with Crippen LogP contribution in [0.4, 0.5) is 0 Å². The molecule has 1 amide bonds. The normalized spacial score (nSPS) is 20.8. The van der Waals surface area contributed by atoms with Crippen molar-refractivity contribution < 1.29 is 9.90 Å². The molecule has 0 aliphatic carbocycles. The Hall–Kier alpha value is -1.01. The molecule has 1 fully saturated rings. The zero-order chi connectivity index (χ0) is 13.0. The number of aromatic nitrogens is 2. The van der Waals surface area contributed by atoms with Crippen molar-refractivity contribution >= 4 is 17.4 Å². The van der Waals surface area contributed by atoms with Crippen LogP contribution in [0.25, 0.3) is 0 Å². The van der Waals surface area contributed by atoms with E-state index >= 15 is 0 Å². The van der Waals surface area contributed by atoms with Gasteiger partial charge in [0.2, 0.25) is 0 Å². The van der Waals surface area contributed by atoms with Crippen molar-refractivity contribution in [2.75, 3.05) is 13.2 Å². The molecule has 5 nitrogen and oxygen atoms in total. The summed E-state index contributed by atoms with van der Waals surface area (Å²) in [5, 5.41) is 13.4. The zero-order valence-corrected chi connectivity index (χ0v) is 11.4. The second kappa shape index (κ2) is 6.24. The van der Waals surface area contributed by atoms with Crippen LogP contribution >= 0.6 is 11.5 Å². The van der Waals surface area contributed by atoms with Crippen LogP contribution in [0.3, 0.4) is 0 Å². The Balaban J connectivity index is 2.20. The fourth-order valence-corrected chi connectivity index (χ4v) is 3.07. The number of nitrogens with zero attached hydrogens (tertiary/aromatic N) is 3. The molecule has 0 spiro atoms. The van der Waals surface area contributed by atoms with Crippen LogP contribution in [-0.2, 0) is 6.42 Å². The first-order chi connectivity index (χ1) is 8.77. The SMILES string of the molecule is CCc1nnsc1C(=O)N1CCCCCC1CO. The van der Waals surface area contributed by atoms with Gasteiger partial charge in [0.15, 0.2) is 0 Å². The van der Waals surface area contributed by atoms with Crippen LogP contribution in [0.15, 0.2) is 0 Å². The van der Waals surface area contributed by atoms with Gasteiger partial charge >= 0.3 is 0 Å². The van der Waals surface area contributed by atoms with Crippen molar-refractivity contribution in [2.45, 2.75) is 45.1 Å². The Morgan fingerprint density at radius 1 is 1.50 bits per heavy atom. The molecule has 1 aliphatic rings. The lowest BCUT2D eigenvalue weighted by Crippen LogP contribution is -2.42. The molecule has 2 heterocycles. The summed E-state index contributed by atoms with van der Waals surface area (Å²) in [5.74, 6) is -0.0113. The highest BCUT2D eigenvalue weighted by atomic mass is 32.1. The molecule has 18 heavy (non-hydrogen) atoms. The predicted octanol–water partition coefficient (Wildman–Crippen LogP) is 1.48. The third-order valence-corrected chi connectivity index (χ3v) is 4.19. The van der Waals surface area contributed by atoms with E-state index in [9.17, 15) is 9.90 Å². The van der Waals surface area contributed by atoms with Gasteiger partial charge in [0, 0.05) is 6.54 Å². The molecule has 0 radical (unpaired) electrons. The Morgan fingerprint density at radius 3 is 3.06 bits per heavy atom. The number of aliphatic hydroxyl groups excluding tert-OH is 1. The minimum atomic E-state index is -0.0493. The molecule has 1 aromatic heterocycles. The lowest BCUT2D eigenvalue weighted by molar-refractivity contribution is 0.0603. The lowest BCUT2D eigenvalue weighted by atomic mass is 10.1. The predicted molar refractivity (Wildman–Crippen MR) is 69.7 cm³/mol. The van der Waals surface area contributed by atoms with Gasteiger partial charge in [-0.15, -0.1) is 5.10 Å². The molecule has 1 aliphatic heterocycles. The monoisotopic (exact) mass is 269 g/mol. The van der Waals surface area contributed by atoms with E-state index in [0.717, 1.165) is 55.9 Å².